The van der Waals surface area contributed by atoms with Crippen LogP contribution in [0.15, 0.2) is 0 Å². The van der Waals surface area contributed by atoms with E-state index >= 15 is 0 Å². The minimum atomic E-state index is 0.0285. The second-order valence-corrected chi connectivity index (χ2v) is 5.02. The van der Waals surface area contributed by atoms with Crippen molar-refractivity contribution in [1.29, 1.82) is 0 Å². The van der Waals surface area contributed by atoms with Gasteiger partial charge >= 0.3 is 0 Å². The maximum absolute atomic E-state index is 12.0. The molecule has 3 nitrogen and oxygen atoms in total. The third-order valence-electron chi connectivity index (χ3n) is 3.73. The smallest absolute Gasteiger partial charge is 0.224 e. The van der Waals surface area contributed by atoms with Gasteiger partial charge in [0.15, 0.2) is 0 Å². The van der Waals surface area contributed by atoms with E-state index in [2.05, 4.69) is 0 Å². The summed E-state index contributed by atoms with van der Waals surface area (Å²) in [5.41, 5.74) is 5.82. The van der Waals surface area contributed by atoms with Gasteiger partial charge in [0.1, 0.15) is 0 Å². The van der Waals surface area contributed by atoms with E-state index in [4.69, 9.17) is 5.73 Å². The standard InChI is InChI=1S/C13H26N2O/c1-3-11(14)10-13(16)15(2)12-8-6-4-5-7-9-12/h11-12H,3-10,14H2,1-2H3. The topological polar surface area (TPSA) is 46.3 Å². The number of amides is 1. The monoisotopic (exact) mass is 226 g/mol. The minimum Gasteiger partial charge on any atom is -0.343 e. The largest absolute Gasteiger partial charge is 0.343 e. The normalized spacial score (nSPS) is 20.2. The van der Waals surface area contributed by atoms with Gasteiger partial charge in [0.05, 0.1) is 0 Å². The molecule has 0 aliphatic heterocycles. The summed E-state index contributed by atoms with van der Waals surface area (Å²) in [6.45, 7) is 2.03. The van der Waals surface area contributed by atoms with Crippen LogP contribution in [0.3, 0.4) is 0 Å². The molecule has 2 N–H and O–H groups in total. The Hall–Kier alpha value is -0.570. The molecule has 94 valence electrons. The van der Waals surface area contributed by atoms with E-state index < -0.39 is 0 Å². The van der Waals surface area contributed by atoms with Crippen LogP contribution in [0.5, 0.6) is 0 Å². The van der Waals surface area contributed by atoms with Crippen molar-refractivity contribution in [3.05, 3.63) is 0 Å². The fraction of sp³-hybridized carbons (Fsp3) is 0.923. The summed E-state index contributed by atoms with van der Waals surface area (Å²) < 4.78 is 0. The average Bonchev–Trinajstić information content (AvgIpc) is 2.56. The Bertz CT molecular complexity index is 210. The van der Waals surface area contributed by atoms with Gasteiger partial charge in [-0.25, -0.2) is 0 Å². The summed E-state index contributed by atoms with van der Waals surface area (Å²) in [6.07, 6.45) is 8.91. The molecule has 0 saturated heterocycles. The Morgan fingerprint density at radius 2 is 1.88 bits per heavy atom. The van der Waals surface area contributed by atoms with Gasteiger partial charge in [0, 0.05) is 25.6 Å². The van der Waals surface area contributed by atoms with Gasteiger partial charge in [-0.1, -0.05) is 32.6 Å². The molecule has 1 saturated carbocycles. The lowest BCUT2D eigenvalue weighted by Gasteiger charge is -2.28. The van der Waals surface area contributed by atoms with E-state index in [1.807, 2.05) is 18.9 Å². The number of hydrogen-bond donors (Lipinski definition) is 1. The Morgan fingerprint density at radius 1 is 1.31 bits per heavy atom. The molecule has 1 unspecified atom stereocenters. The maximum Gasteiger partial charge on any atom is 0.224 e. The molecule has 0 aromatic heterocycles. The van der Waals surface area contributed by atoms with Crippen LogP contribution in [0.25, 0.3) is 0 Å². The first-order valence-electron chi connectivity index (χ1n) is 6.66. The average molecular weight is 226 g/mol. The van der Waals surface area contributed by atoms with E-state index in [9.17, 15) is 4.79 Å². The van der Waals surface area contributed by atoms with Crippen LogP contribution in [0, 0.1) is 0 Å². The van der Waals surface area contributed by atoms with Crippen molar-refractivity contribution in [2.24, 2.45) is 5.73 Å². The molecule has 0 bridgehead atoms. The Labute approximate surface area is 99.4 Å². The number of carbonyl (C=O) groups excluding carboxylic acids is 1. The molecular weight excluding hydrogens is 200 g/mol. The van der Waals surface area contributed by atoms with E-state index in [1.54, 1.807) is 0 Å². The fourth-order valence-corrected chi connectivity index (χ4v) is 2.36. The number of rotatable bonds is 4. The van der Waals surface area contributed by atoms with Crippen LogP contribution in [0.2, 0.25) is 0 Å². The van der Waals surface area contributed by atoms with Crippen molar-refractivity contribution >= 4 is 5.91 Å². The highest BCUT2D eigenvalue weighted by Gasteiger charge is 2.21. The second kappa shape index (κ2) is 6.89. The first-order valence-corrected chi connectivity index (χ1v) is 6.66. The number of hydrogen-bond acceptors (Lipinski definition) is 2. The molecule has 1 aliphatic rings. The third-order valence-corrected chi connectivity index (χ3v) is 3.73. The predicted octanol–water partition coefficient (Wildman–Crippen LogP) is 2.29. The SMILES string of the molecule is CCC(N)CC(=O)N(C)C1CCCCCC1. The van der Waals surface area contributed by atoms with Crippen LogP contribution in [-0.4, -0.2) is 29.9 Å². The molecule has 0 heterocycles. The zero-order valence-corrected chi connectivity index (χ0v) is 10.7. The lowest BCUT2D eigenvalue weighted by molar-refractivity contribution is -0.132. The van der Waals surface area contributed by atoms with Gasteiger partial charge in [-0.2, -0.15) is 0 Å². The zero-order valence-electron chi connectivity index (χ0n) is 10.7. The lowest BCUT2D eigenvalue weighted by Crippen LogP contribution is -2.39. The summed E-state index contributed by atoms with van der Waals surface area (Å²) in [6, 6.07) is 0.486. The molecule has 1 rings (SSSR count). The van der Waals surface area contributed by atoms with Gasteiger partial charge in [-0.05, 0) is 19.3 Å². The van der Waals surface area contributed by atoms with Crippen molar-refractivity contribution in [1.82, 2.24) is 4.90 Å². The van der Waals surface area contributed by atoms with Crippen molar-refractivity contribution < 1.29 is 4.79 Å². The summed E-state index contributed by atoms with van der Waals surface area (Å²) in [7, 11) is 1.95. The summed E-state index contributed by atoms with van der Waals surface area (Å²) in [5.74, 6) is 0.223. The fourth-order valence-electron chi connectivity index (χ4n) is 2.36. The highest BCUT2D eigenvalue weighted by Crippen LogP contribution is 2.21. The third kappa shape index (κ3) is 4.12. The molecule has 3 heteroatoms. The van der Waals surface area contributed by atoms with E-state index in [0.717, 1.165) is 6.42 Å². The van der Waals surface area contributed by atoms with Gasteiger partial charge in [-0.3, -0.25) is 4.79 Å². The molecule has 1 amide bonds. The van der Waals surface area contributed by atoms with Crippen LogP contribution in [0.4, 0.5) is 0 Å². The molecule has 0 aromatic carbocycles. The summed E-state index contributed by atoms with van der Waals surface area (Å²) in [4.78, 5) is 13.9. The molecule has 1 fully saturated rings. The molecule has 1 atom stereocenters. The van der Waals surface area contributed by atoms with E-state index in [-0.39, 0.29) is 11.9 Å². The van der Waals surface area contributed by atoms with Crippen molar-refractivity contribution in [2.75, 3.05) is 7.05 Å². The Kier molecular flexibility index (Phi) is 5.81. The van der Waals surface area contributed by atoms with Gasteiger partial charge in [-0.15, -0.1) is 0 Å². The Balaban J connectivity index is 2.41. The van der Waals surface area contributed by atoms with Gasteiger partial charge in [0.25, 0.3) is 0 Å². The van der Waals surface area contributed by atoms with Crippen molar-refractivity contribution in [2.45, 2.75) is 70.4 Å². The molecular formula is C13H26N2O. The maximum atomic E-state index is 12.0. The first-order chi connectivity index (χ1) is 7.65. The number of nitrogens with two attached hydrogens (primary N) is 1. The number of nitrogens with zero attached hydrogens (tertiary/aromatic N) is 1. The van der Waals surface area contributed by atoms with E-state index in [0.29, 0.717) is 12.5 Å². The van der Waals surface area contributed by atoms with Crippen LogP contribution in [-0.2, 0) is 4.79 Å². The predicted molar refractivity (Wildman–Crippen MR) is 67.1 cm³/mol. The van der Waals surface area contributed by atoms with Crippen LogP contribution >= 0.6 is 0 Å². The number of carbonyl (C=O) groups is 1. The zero-order chi connectivity index (χ0) is 12.0. The van der Waals surface area contributed by atoms with Crippen LogP contribution in [0.1, 0.15) is 58.3 Å². The van der Waals surface area contributed by atoms with Gasteiger partial charge in [0.2, 0.25) is 5.91 Å². The highest BCUT2D eigenvalue weighted by molar-refractivity contribution is 5.76. The van der Waals surface area contributed by atoms with Crippen LogP contribution < -0.4 is 5.73 Å². The van der Waals surface area contributed by atoms with Crippen molar-refractivity contribution in [3.63, 3.8) is 0 Å². The minimum absolute atomic E-state index is 0.0285. The Morgan fingerprint density at radius 3 is 2.38 bits per heavy atom. The quantitative estimate of drug-likeness (QED) is 0.748. The molecule has 16 heavy (non-hydrogen) atoms. The van der Waals surface area contributed by atoms with E-state index in [1.165, 1.54) is 38.5 Å². The summed E-state index contributed by atoms with van der Waals surface area (Å²) >= 11 is 0. The molecule has 0 aromatic rings. The lowest BCUT2D eigenvalue weighted by atomic mass is 10.1. The van der Waals surface area contributed by atoms with Crippen molar-refractivity contribution in [3.8, 4) is 0 Å². The second-order valence-electron chi connectivity index (χ2n) is 5.02. The first kappa shape index (κ1) is 13.5. The highest BCUT2D eigenvalue weighted by atomic mass is 16.2. The molecule has 1 aliphatic carbocycles. The molecule has 0 radical (unpaired) electrons. The molecule has 0 spiro atoms. The van der Waals surface area contributed by atoms with Gasteiger partial charge < -0.3 is 10.6 Å². The summed E-state index contributed by atoms with van der Waals surface area (Å²) in [5, 5.41) is 0.